The molecule has 3 saturated heterocycles. The maximum Gasteiger partial charge on any atom is 0.308 e. The van der Waals surface area contributed by atoms with E-state index in [1.54, 1.807) is 51.1 Å². The van der Waals surface area contributed by atoms with Crippen molar-refractivity contribution in [3.8, 4) is 6.07 Å². The highest BCUT2D eigenvalue weighted by Gasteiger charge is 2.48. The van der Waals surface area contributed by atoms with Gasteiger partial charge in [0, 0.05) is 50.3 Å². The molecule has 1 aromatic heterocycles. The number of aliphatic hydroxyl groups excluding tert-OH is 3. The van der Waals surface area contributed by atoms with Crippen LogP contribution in [0, 0.1) is 35.0 Å². The lowest BCUT2D eigenvalue weighted by Crippen LogP contribution is -2.63. The van der Waals surface area contributed by atoms with E-state index in [1.165, 1.54) is 26.5 Å². The molecule has 0 aliphatic carbocycles. The number of hydrogen-bond acceptors (Lipinski definition) is 19. The highest BCUT2D eigenvalue weighted by molar-refractivity contribution is 5.91. The van der Waals surface area contributed by atoms with Gasteiger partial charge in [0.25, 0.3) is 0 Å². The number of nitriles is 1. The largest absolute Gasteiger partial charge is 0.465 e. The van der Waals surface area contributed by atoms with Crippen LogP contribution in [0.4, 0.5) is 0 Å². The number of ether oxygens (including phenoxy) is 9. The van der Waals surface area contributed by atoms with Crippen molar-refractivity contribution in [2.75, 3.05) is 61.3 Å². The number of pyridine rings is 1. The lowest BCUT2D eigenvalue weighted by molar-refractivity contribution is -0.305. The molecule has 0 saturated carbocycles. The lowest BCUT2D eigenvalue weighted by atomic mass is 9.79. The minimum absolute atomic E-state index is 0.0175. The molecule has 19 heteroatoms. The fourth-order valence-electron chi connectivity index (χ4n) is 8.88. The van der Waals surface area contributed by atoms with Gasteiger partial charge in [-0.1, -0.05) is 42.8 Å². The number of carbonyl (C=O) groups is 2. The number of rotatable bonds is 11. The number of aromatic nitrogens is 1. The summed E-state index contributed by atoms with van der Waals surface area (Å²) < 4.78 is 55.1. The molecule has 4 aliphatic heterocycles. The fourth-order valence-corrected chi connectivity index (χ4v) is 8.88. The zero-order valence-electron chi connectivity index (χ0n) is 39.6. The molecular formula is C47H70N4O15. The molecule has 4 aliphatic rings. The van der Waals surface area contributed by atoms with Crippen molar-refractivity contribution < 1.29 is 72.4 Å². The predicted octanol–water partition coefficient (Wildman–Crippen LogP) is 2.48. The molecule has 0 aromatic carbocycles. The Labute approximate surface area is 387 Å². The summed E-state index contributed by atoms with van der Waals surface area (Å²) >= 11 is 0. The van der Waals surface area contributed by atoms with Crippen LogP contribution < -0.4 is 0 Å². The van der Waals surface area contributed by atoms with E-state index in [9.17, 15) is 24.9 Å². The summed E-state index contributed by atoms with van der Waals surface area (Å²) in [5.41, 5.74) is 2.08. The van der Waals surface area contributed by atoms with Crippen molar-refractivity contribution in [2.24, 2.45) is 28.8 Å². The number of likely N-dealkylation sites (N-methyl/N-ethyl adjacent to an activating group) is 1. The van der Waals surface area contributed by atoms with Crippen molar-refractivity contribution in [3.63, 3.8) is 0 Å². The molecule has 1 unspecified atom stereocenters. The van der Waals surface area contributed by atoms with Crippen LogP contribution in [0.2, 0.25) is 0 Å². The Kier molecular flexibility index (Phi) is 20.6. The molecule has 2 bridgehead atoms. The Balaban J connectivity index is 1.46. The van der Waals surface area contributed by atoms with E-state index < -0.39 is 97.3 Å². The first kappa shape index (κ1) is 53.2. The molecule has 3 fully saturated rings. The lowest BCUT2D eigenvalue weighted by Gasteiger charge is -2.47. The summed E-state index contributed by atoms with van der Waals surface area (Å²) in [6, 6.07) is 4.57. The van der Waals surface area contributed by atoms with Gasteiger partial charge in [-0.25, -0.2) is 4.98 Å². The van der Waals surface area contributed by atoms with Crippen molar-refractivity contribution in [1.29, 1.82) is 5.26 Å². The predicted molar refractivity (Wildman–Crippen MR) is 236 cm³/mol. The number of esters is 1. The molecule has 66 heavy (non-hydrogen) atoms. The van der Waals surface area contributed by atoms with Gasteiger partial charge in [-0.2, -0.15) is 5.26 Å². The number of hydrogen-bond donors (Lipinski definition) is 3. The molecule has 0 spiro atoms. The molecule has 0 radical (unpaired) electrons. The Morgan fingerprint density at radius 2 is 1.67 bits per heavy atom. The van der Waals surface area contributed by atoms with Crippen LogP contribution >= 0.6 is 0 Å². The maximum absolute atomic E-state index is 14.1. The number of oxime groups is 1. The number of cyclic esters (lactones) is 1. The zero-order valence-corrected chi connectivity index (χ0v) is 39.6. The topological polar surface area (TPSA) is 239 Å². The number of aliphatic hydroxyl groups is 3. The molecule has 19 nitrogen and oxygen atoms in total. The van der Waals surface area contributed by atoms with Crippen molar-refractivity contribution in [2.45, 2.75) is 134 Å². The number of ketones is 1. The second kappa shape index (κ2) is 25.6. The van der Waals surface area contributed by atoms with E-state index in [0.29, 0.717) is 24.1 Å². The Morgan fingerprint density at radius 1 is 0.939 bits per heavy atom. The summed E-state index contributed by atoms with van der Waals surface area (Å²) in [7, 11) is 6.46. The highest BCUT2D eigenvalue weighted by Crippen LogP contribution is 2.36. The second-order valence-corrected chi connectivity index (χ2v) is 18.0. The van der Waals surface area contributed by atoms with E-state index in [4.69, 9.17) is 52.7 Å². The van der Waals surface area contributed by atoms with Gasteiger partial charge in [-0.15, -0.1) is 0 Å². The van der Waals surface area contributed by atoms with Gasteiger partial charge >= 0.3 is 5.97 Å². The summed E-state index contributed by atoms with van der Waals surface area (Å²) in [4.78, 5) is 39.5. The molecule has 1 aromatic rings. The third kappa shape index (κ3) is 14.4. The number of allylic oxidation sites excluding steroid dienone is 3. The van der Waals surface area contributed by atoms with Gasteiger partial charge in [0.05, 0.1) is 69.4 Å². The standard InChI is InChI=1S/C47H70N4O15/c1-26-10-13-36(52)27(2)17-33-14-15-59-24-35(50-63-23-31-11-12-34(19-48)49-20-31)25-60-37(28(3)43(33)66-46-42(56)39(51(6)7)40(54)29(4)64-46)18-38(53)61-21-32(16-26)22-62-47-45(58-9)44(57-8)41(55)30(5)65-47/h10-13,16,20,27-30,32-33,37,39-47,54-56H,14-15,17-18,21-25H2,1-9H3/b13-10+,26-16+,50-35+/t27-,28+,29-,30-,32+,33?,37-,39+,40-,41-,42-,43-,44-,45-,46+,47-/m1/s1. The first-order valence-electron chi connectivity index (χ1n) is 22.7. The molecular weight excluding hydrogens is 861 g/mol. The van der Waals surface area contributed by atoms with Crippen LogP contribution in [0.1, 0.15) is 65.1 Å². The summed E-state index contributed by atoms with van der Waals surface area (Å²) in [5, 5.41) is 46.8. The third-order valence-electron chi connectivity index (χ3n) is 12.7. The Bertz CT molecular complexity index is 1840. The van der Waals surface area contributed by atoms with E-state index in [0.717, 1.165) is 5.57 Å². The third-order valence-corrected chi connectivity index (χ3v) is 12.7. The molecule has 0 amide bonds. The van der Waals surface area contributed by atoms with Crippen LogP contribution in [0.15, 0.2) is 47.3 Å². The number of fused-ring (bicyclic) bond motifs is 3. The average Bonchev–Trinajstić information content (AvgIpc) is 3.31. The second-order valence-electron chi connectivity index (χ2n) is 18.0. The molecule has 16 atom stereocenters. The first-order chi connectivity index (χ1) is 31.5. The van der Waals surface area contributed by atoms with E-state index in [-0.39, 0.29) is 63.5 Å². The normalized spacial score (nSPS) is 38.7. The Morgan fingerprint density at radius 3 is 2.35 bits per heavy atom. The van der Waals surface area contributed by atoms with Gasteiger partial charge in [-0.05, 0) is 65.8 Å². The van der Waals surface area contributed by atoms with Gasteiger partial charge in [0.15, 0.2) is 18.4 Å². The molecule has 5 rings (SSSR count). The van der Waals surface area contributed by atoms with Gasteiger partial charge in [-0.3, -0.25) is 9.59 Å². The summed E-state index contributed by atoms with van der Waals surface area (Å²) in [6.45, 7) is 9.12. The number of methoxy groups -OCH3 is 2. The van der Waals surface area contributed by atoms with Gasteiger partial charge in [0.2, 0.25) is 0 Å². The van der Waals surface area contributed by atoms with Crippen LogP contribution in [0.3, 0.4) is 0 Å². The minimum Gasteiger partial charge on any atom is -0.465 e. The van der Waals surface area contributed by atoms with Crippen molar-refractivity contribution in [1.82, 2.24) is 9.88 Å². The minimum atomic E-state index is -1.26. The molecule has 5 heterocycles. The first-order valence-corrected chi connectivity index (χ1v) is 22.7. The quantitative estimate of drug-likeness (QED) is 0.213. The van der Waals surface area contributed by atoms with Gasteiger partial charge < -0.3 is 67.7 Å². The maximum atomic E-state index is 14.1. The highest BCUT2D eigenvalue weighted by atomic mass is 16.7. The van der Waals surface area contributed by atoms with Crippen LogP contribution in [-0.4, -0.2) is 178 Å². The van der Waals surface area contributed by atoms with Crippen LogP contribution in [0.25, 0.3) is 0 Å². The zero-order chi connectivity index (χ0) is 48.1. The fraction of sp³-hybridized carbons (Fsp3) is 0.723. The van der Waals surface area contributed by atoms with E-state index >= 15 is 0 Å². The smallest absolute Gasteiger partial charge is 0.308 e. The molecule has 3 N–H and O–H groups in total. The van der Waals surface area contributed by atoms with E-state index in [2.05, 4.69) is 10.1 Å². The SMILES string of the molecule is CO[C@@H]1[C@H](O)[C@@H](C)O[C@@H](OC[C@H]2/C=C(C)/C=C/C(=O)[C@H](C)CC3CCOC/C(=N\OCc4ccc(C#N)nc4)CO[C@H](CC(=O)OC2)[C@H](C)[C@H]3O[C@@H]2O[C@H](C)[C@@H](O)[C@H](N(C)C)[C@H]2O)[C@@H]1OC. The van der Waals surface area contributed by atoms with Crippen molar-refractivity contribution in [3.05, 3.63) is 53.4 Å². The van der Waals surface area contributed by atoms with Gasteiger partial charge in [0.1, 0.15) is 48.5 Å². The van der Waals surface area contributed by atoms with E-state index in [1.807, 2.05) is 32.9 Å². The number of carbonyl (C=O) groups excluding carboxylic acids is 2. The van der Waals surface area contributed by atoms with Crippen LogP contribution in [-0.2, 0) is 63.7 Å². The monoisotopic (exact) mass is 930 g/mol. The number of nitrogens with zero attached hydrogens (tertiary/aromatic N) is 4. The molecule has 368 valence electrons. The summed E-state index contributed by atoms with van der Waals surface area (Å²) in [6.07, 6.45) is -2.59. The average molecular weight is 931 g/mol. The van der Waals surface area contributed by atoms with Crippen LogP contribution in [0.5, 0.6) is 0 Å². The summed E-state index contributed by atoms with van der Waals surface area (Å²) in [5.74, 6) is -2.67. The Hall–Kier alpha value is -3.75. The van der Waals surface area contributed by atoms with Crippen molar-refractivity contribution >= 4 is 17.5 Å².